The van der Waals surface area contributed by atoms with Crippen LogP contribution in [0.1, 0.15) is 23.2 Å². The molecule has 1 aromatic rings. The highest BCUT2D eigenvalue weighted by Crippen LogP contribution is 2.34. The van der Waals surface area contributed by atoms with Gasteiger partial charge >= 0.3 is 6.18 Å². The molecule has 0 unspecified atom stereocenters. The third-order valence-electron chi connectivity index (χ3n) is 1.71. The van der Waals surface area contributed by atoms with Crippen molar-refractivity contribution < 1.29 is 22.0 Å². The summed E-state index contributed by atoms with van der Waals surface area (Å²) in [4.78, 5) is 2.96. The Morgan fingerprint density at radius 1 is 1.33 bits per heavy atom. The summed E-state index contributed by atoms with van der Waals surface area (Å²) in [5.74, 6) is 0. The van der Waals surface area contributed by atoms with E-state index in [1.54, 1.807) is 0 Å². The molecule has 0 aliphatic carbocycles. The van der Waals surface area contributed by atoms with Crippen molar-refractivity contribution in [2.24, 2.45) is 5.73 Å². The van der Waals surface area contributed by atoms with Crippen LogP contribution in [-0.2, 0) is 12.7 Å². The fourth-order valence-electron chi connectivity index (χ4n) is 1.04. The molecule has 0 saturated carbocycles. The molecule has 0 saturated heterocycles. The van der Waals surface area contributed by atoms with Gasteiger partial charge in [-0.3, -0.25) is 4.98 Å². The molecule has 0 amide bonds. The van der Waals surface area contributed by atoms with E-state index in [4.69, 9.17) is 5.73 Å². The number of hydrogen-bond acceptors (Lipinski definition) is 2. The molecule has 0 bridgehead atoms. The van der Waals surface area contributed by atoms with E-state index in [9.17, 15) is 22.0 Å². The molecular formula is C8H7F5N2. The summed E-state index contributed by atoms with van der Waals surface area (Å²) in [6.07, 6.45) is -7.26. The van der Waals surface area contributed by atoms with E-state index in [1.807, 2.05) is 0 Å². The van der Waals surface area contributed by atoms with E-state index in [0.717, 1.165) is 12.3 Å². The van der Waals surface area contributed by atoms with Crippen molar-refractivity contribution >= 4 is 0 Å². The smallest absolute Gasteiger partial charge is 0.326 e. The molecule has 15 heavy (non-hydrogen) atoms. The molecule has 0 fully saturated rings. The molecule has 2 N–H and O–H groups in total. The third-order valence-corrected chi connectivity index (χ3v) is 1.71. The summed E-state index contributed by atoms with van der Waals surface area (Å²) < 4.78 is 61.2. The average Bonchev–Trinajstić information content (AvgIpc) is 2.15. The molecule has 1 heterocycles. The van der Waals surface area contributed by atoms with E-state index in [0.29, 0.717) is 0 Å². The first kappa shape index (κ1) is 11.8. The maximum atomic E-state index is 12.3. The molecule has 1 rings (SSSR count). The zero-order valence-electron chi connectivity index (χ0n) is 7.35. The maximum Gasteiger partial charge on any atom is 0.433 e. The normalized spacial score (nSPS) is 12.2. The molecule has 1 aromatic heterocycles. The highest BCUT2D eigenvalue weighted by atomic mass is 19.4. The number of halogens is 5. The Kier molecular flexibility index (Phi) is 3.23. The highest BCUT2D eigenvalue weighted by molar-refractivity contribution is 5.28. The molecule has 0 aliphatic rings. The second kappa shape index (κ2) is 4.09. The predicted octanol–water partition coefficient (Wildman–Crippen LogP) is 2.50. The Bertz CT molecular complexity index is 347. The number of pyridine rings is 1. The van der Waals surface area contributed by atoms with Gasteiger partial charge < -0.3 is 5.73 Å². The van der Waals surface area contributed by atoms with Gasteiger partial charge in [0.15, 0.2) is 5.69 Å². The van der Waals surface area contributed by atoms with Crippen LogP contribution in [0.5, 0.6) is 0 Å². The van der Waals surface area contributed by atoms with Crippen LogP contribution in [0, 0.1) is 0 Å². The number of aromatic nitrogens is 1. The molecule has 2 nitrogen and oxygen atoms in total. The number of hydrogen-bond donors (Lipinski definition) is 1. The second-order valence-electron chi connectivity index (χ2n) is 2.78. The Hall–Kier alpha value is -1.24. The molecule has 0 aliphatic heterocycles. The first-order valence-electron chi connectivity index (χ1n) is 3.90. The van der Waals surface area contributed by atoms with Crippen LogP contribution in [0.25, 0.3) is 0 Å². The lowest BCUT2D eigenvalue weighted by molar-refractivity contribution is -0.143. The Morgan fingerprint density at radius 2 is 1.93 bits per heavy atom. The van der Waals surface area contributed by atoms with Gasteiger partial charge in [-0.25, -0.2) is 8.78 Å². The van der Waals surface area contributed by atoms with Gasteiger partial charge in [0, 0.05) is 18.3 Å². The van der Waals surface area contributed by atoms with Crippen molar-refractivity contribution in [3.63, 3.8) is 0 Å². The van der Waals surface area contributed by atoms with E-state index >= 15 is 0 Å². The topological polar surface area (TPSA) is 38.9 Å². The quantitative estimate of drug-likeness (QED) is 0.787. The minimum absolute atomic E-state index is 0.134. The van der Waals surface area contributed by atoms with Gasteiger partial charge in [0.1, 0.15) is 0 Å². The molecule has 0 aromatic carbocycles. The Balaban J connectivity index is 3.28. The largest absolute Gasteiger partial charge is 0.433 e. The van der Waals surface area contributed by atoms with E-state index in [-0.39, 0.29) is 12.1 Å². The summed E-state index contributed by atoms with van der Waals surface area (Å²) in [6.45, 7) is -0.134. The first-order chi connectivity index (χ1) is 6.86. The van der Waals surface area contributed by atoms with Crippen molar-refractivity contribution in [1.82, 2.24) is 4.98 Å². The summed E-state index contributed by atoms with van der Waals surface area (Å²) in [6, 6.07) is 0.723. The lowest BCUT2D eigenvalue weighted by Crippen LogP contribution is -2.13. The summed E-state index contributed by atoms with van der Waals surface area (Å²) in [5, 5.41) is 0. The van der Waals surface area contributed by atoms with Crippen LogP contribution in [-0.4, -0.2) is 4.98 Å². The zero-order chi connectivity index (χ0) is 11.6. The van der Waals surface area contributed by atoms with Gasteiger partial charge in [0.25, 0.3) is 6.43 Å². The molecule has 7 heteroatoms. The van der Waals surface area contributed by atoms with Crippen molar-refractivity contribution in [3.8, 4) is 0 Å². The Labute approximate surface area is 81.9 Å². The maximum absolute atomic E-state index is 12.3. The van der Waals surface area contributed by atoms with Crippen LogP contribution < -0.4 is 5.73 Å². The van der Waals surface area contributed by atoms with Crippen molar-refractivity contribution in [3.05, 3.63) is 29.1 Å². The Morgan fingerprint density at radius 3 is 2.33 bits per heavy atom. The molecule has 84 valence electrons. The second-order valence-corrected chi connectivity index (χ2v) is 2.78. The van der Waals surface area contributed by atoms with Crippen LogP contribution in [0.15, 0.2) is 12.3 Å². The first-order valence-corrected chi connectivity index (χ1v) is 3.90. The molecule has 0 radical (unpaired) electrons. The standard InChI is InChI=1S/C8H7F5N2/c9-7(10)5-1-4(2-14)3-15-6(5)8(11,12)13/h1,3,7H,2,14H2. The predicted molar refractivity (Wildman–Crippen MR) is 42.1 cm³/mol. The highest BCUT2D eigenvalue weighted by Gasteiger charge is 2.37. The molecule has 0 atom stereocenters. The van der Waals surface area contributed by atoms with E-state index in [2.05, 4.69) is 4.98 Å². The zero-order valence-corrected chi connectivity index (χ0v) is 7.35. The van der Waals surface area contributed by atoms with Crippen molar-refractivity contribution in [1.29, 1.82) is 0 Å². The minimum atomic E-state index is -4.88. The lowest BCUT2D eigenvalue weighted by atomic mass is 10.1. The van der Waals surface area contributed by atoms with Crippen molar-refractivity contribution in [2.75, 3.05) is 0 Å². The van der Waals surface area contributed by atoms with E-state index in [1.165, 1.54) is 0 Å². The fourth-order valence-corrected chi connectivity index (χ4v) is 1.04. The number of nitrogens with zero attached hydrogens (tertiary/aromatic N) is 1. The number of alkyl halides is 5. The number of rotatable bonds is 2. The SMILES string of the molecule is NCc1cnc(C(F)(F)F)c(C(F)F)c1. The van der Waals surface area contributed by atoms with Gasteiger partial charge in [0.2, 0.25) is 0 Å². The lowest BCUT2D eigenvalue weighted by Gasteiger charge is -2.11. The van der Waals surface area contributed by atoms with Crippen molar-refractivity contribution in [2.45, 2.75) is 19.1 Å². The molecule has 0 spiro atoms. The van der Waals surface area contributed by atoms with Gasteiger partial charge in [0.05, 0.1) is 0 Å². The van der Waals surface area contributed by atoms with E-state index < -0.39 is 23.9 Å². The summed E-state index contributed by atoms with van der Waals surface area (Å²) in [5.41, 5.74) is 2.55. The fraction of sp³-hybridized carbons (Fsp3) is 0.375. The van der Waals surface area contributed by atoms with Gasteiger partial charge in [-0.2, -0.15) is 13.2 Å². The monoisotopic (exact) mass is 226 g/mol. The summed E-state index contributed by atoms with van der Waals surface area (Å²) >= 11 is 0. The van der Waals surface area contributed by atoms with Crippen LogP contribution in [0.4, 0.5) is 22.0 Å². The van der Waals surface area contributed by atoms with Crippen LogP contribution in [0.2, 0.25) is 0 Å². The van der Waals surface area contributed by atoms with Crippen LogP contribution >= 0.6 is 0 Å². The van der Waals surface area contributed by atoms with Gasteiger partial charge in [-0.15, -0.1) is 0 Å². The average molecular weight is 226 g/mol. The van der Waals surface area contributed by atoms with Gasteiger partial charge in [-0.05, 0) is 11.6 Å². The molecular weight excluding hydrogens is 219 g/mol. The van der Waals surface area contributed by atoms with Crippen LogP contribution in [0.3, 0.4) is 0 Å². The van der Waals surface area contributed by atoms with Gasteiger partial charge in [-0.1, -0.05) is 0 Å². The minimum Gasteiger partial charge on any atom is -0.326 e. The number of nitrogens with two attached hydrogens (primary N) is 1. The summed E-state index contributed by atoms with van der Waals surface area (Å²) in [7, 11) is 0. The third kappa shape index (κ3) is 2.62.